The van der Waals surface area contributed by atoms with Gasteiger partial charge in [0, 0.05) is 37.0 Å². The lowest BCUT2D eigenvalue weighted by Crippen LogP contribution is -2.43. The quantitative estimate of drug-likeness (QED) is 0.838. The molecule has 0 unspecified atom stereocenters. The first-order valence-corrected chi connectivity index (χ1v) is 9.58. The van der Waals surface area contributed by atoms with Gasteiger partial charge in [0.05, 0.1) is 5.69 Å². The molecule has 1 aromatic heterocycles. The summed E-state index contributed by atoms with van der Waals surface area (Å²) in [4.78, 5) is 34.6. The standard InChI is InChI=1S/C19H24N4O2S/c1-13(2)23(11-14-7-5-4-6-8-14)18(25)17(24)21-19-20-15-9-10-22(3)12-16(15)26-19/h4-8,13H,9-12H2,1-3H3,(H,20,21,24). The number of thiazole rings is 1. The number of aromatic nitrogens is 1. The lowest BCUT2D eigenvalue weighted by atomic mass is 10.2. The summed E-state index contributed by atoms with van der Waals surface area (Å²) in [6.45, 7) is 6.02. The highest BCUT2D eigenvalue weighted by Gasteiger charge is 2.26. The Bertz CT molecular complexity index is 788. The van der Waals surface area contributed by atoms with Crippen LogP contribution in [0.4, 0.5) is 5.13 Å². The zero-order chi connectivity index (χ0) is 18.7. The SMILES string of the molecule is CC(C)N(Cc1ccccc1)C(=O)C(=O)Nc1nc2c(s1)CN(C)CC2. The van der Waals surface area contributed by atoms with Crippen LogP contribution in [0, 0.1) is 0 Å². The van der Waals surface area contributed by atoms with E-state index in [-0.39, 0.29) is 6.04 Å². The molecule has 0 bridgehead atoms. The third kappa shape index (κ3) is 4.28. The van der Waals surface area contributed by atoms with E-state index in [1.54, 1.807) is 4.90 Å². The van der Waals surface area contributed by atoms with Crippen LogP contribution in [0.5, 0.6) is 0 Å². The predicted molar refractivity (Wildman–Crippen MR) is 103 cm³/mol. The number of nitrogens with one attached hydrogen (secondary N) is 1. The minimum Gasteiger partial charge on any atom is -0.328 e. The number of amides is 2. The predicted octanol–water partition coefficient (Wildman–Crippen LogP) is 2.51. The van der Waals surface area contributed by atoms with Crippen molar-refractivity contribution in [1.29, 1.82) is 0 Å². The molecule has 2 heterocycles. The average Bonchev–Trinajstić information content (AvgIpc) is 3.01. The summed E-state index contributed by atoms with van der Waals surface area (Å²) in [7, 11) is 2.06. The molecule has 0 aliphatic carbocycles. The van der Waals surface area contributed by atoms with Crippen molar-refractivity contribution < 1.29 is 9.59 Å². The highest BCUT2D eigenvalue weighted by Crippen LogP contribution is 2.27. The molecule has 1 N–H and O–H groups in total. The van der Waals surface area contributed by atoms with Gasteiger partial charge in [-0.3, -0.25) is 14.9 Å². The van der Waals surface area contributed by atoms with Gasteiger partial charge in [-0.05, 0) is 26.5 Å². The smallest absolute Gasteiger partial charge is 0.315 e. The Balaban J connectivity index is 1.68. The lowest BCUT2D eigenvalue weighted by Gasteiger charge is -2.26. The summed E-state index contributed by atoms with van der Waals surface area (Å²) in [6, 6.07) is 9.61. The summed E-state index contributed by atoms with van der Waals surface area (Å²) in [6.07, 6.45) is 0.873. The maximum Gasteiger partial charge on any atom is 0.315 e. The monoisotopic (exact) mass is 372 g/mol. The summed E-state index contributed by atoms with van der Waals surface area (Å²) in [5, 5.41) is 3.20. The van der Waals surface area contributed by atoms with Crippen molar-refractivity contribution in [3.63, 3.8) is 0 Å². The topological polar surface area (TPSA) is 65.5 Å². The first-order valence-electron chi connectivity index (χ1n) is 8.77. The molecule has 0 saturated carbocycles. The Morgan fingerprint density at radius 2 is 2.04 bits per heavy atom. The molecule has 2 aromatic rings. The van der Waals surface area contributed by atoms with E-state index in [2.05, 4.69) is 22.2 Å². The molecule has 0 fully saturated rings. The maximum absolute atomic E-state index is 12.7. The van der Waals surface area contributed by atoms with Gasteiger partial charge in [-0.2, -0.15) is 0 Å². The molecule has 2 amide bonds. The third-order valence-electron chi connectivity index (χ3n) is 4.42. The van der Waals surface area contributed by atoms with Crippen molar-refractivity contribution in [2.75, 3.05) is 18.9 Å². The average molecular weight is 372 g/mol. The first-order chi connectivity index (χ1) is 12.4. The van der Waals surface area contributed by atoms with Crippen LogP contribution in [0.25, 0.3) is 0 Å². The van der Waals surface area contributed by atoms with E-state index in [1.165, 1.54) is 11.3 Å². The number of carbonyl (C=O) groups excluding carboxylic acids is 2. The van der Waals surface area contributed by atoms with Crippen LogP contribution in [0.2, 0.25) is 0 Å². The molecule has 0 radical (unpaired) electrons. The second-order valence-corrected chi connectivity index (χ2v) is 7.93. The lowest BCUT2D eigenvalue weighted by molar-refractivity contribution is -0.144. The van der Waals surface area contributed by atoms with Gasteiger partial charge in [0.15, 0.2) is 5.13 Å². The molecule has 7 heteroatoms. The fourth-order valence-electron chi connectivity index (χ4n) is 2.93. The summed E-state index contributed by atoms with van der Waals surface area (Å²) in [5.41, 5.74) is 2.02. The molecule has 0 saturated heterocycles. The summed E-state index contributed by atoms with van der Waals surface area (Å²) >= 11 is 1.45. The Labute approximate surface area is 157 Å². The Kier molecular flexibility index (Phi) is 5.68. The Morgan fingerprint density at radius 3 is 2.73 bits per heavy atom. The molecular formula is C19H24N4O2S. The molecule has 138 valence electrons. The molecule has 6 nitrogen and oxygen atoms in total. The van der Waals surface area contributed by atoms with Crippen molar-refractivity contribution in [2.45, 2.75) is 39.4 Å². The van der Waals surface area contributed by atoms with Gasteiger partial charge in [-0.25, -0.2) is 4.98 Å². The first kappa shape index (κ1) is 18.5. The molecule has 1 aliphatic rings. The number of hydrogen-bond donors (Lipinski definition) is 1. The molecule has 1 aliphatic heterocycles. The van der Waals surface area contributed by atoms with Crippen LogP contribution in [-0.4, -0.2) is 46.2 Å². The normalized spacial score (nSPS) is 14.2. The summed E-state index contributed by atoms with van der Waals surface area (Å²) < 4.78 is 0. The highest BCUT2D eigenvalue weighted by molar-refractivity contribution is 7.16. The zero-order valence-electron chi connectivity index (χ0n) is 15.4. The fraction of sp³-hybridized carbons (Fsp3) is 0.421. The molecule has 0 spiro atoms. The largest absolute Gasteiger partial charge is 0.328 e. The molecule has 1 aromatic carbocycles. The highest BCUT2D eigenvalue weighted by atomic mass is 32.1. The minimum atomic E-state index is -0.630. The fourth-order valence-corrected chi connectivity index (χ4v) is 4.01. The van der Waals surface area contributed by atoms with Crippen molar-refractivity contribution in [1.82, 2.24) is 14.8 Å². The van der Waals surface area contributed by atoms with Crippen LogP contribution in [0.15, 0.2) is 30.3 Å². The summed E-state index contributed by atoms with van der Waals surface area (Å²) in [5.74, 6) is -1.16. The van der Waals surface area contributed by atoms with Gasteiger partial charge < -0.3 is 9.80 Å². The number of rotatable bonds is 4. The van der Waals surface area contributed by atoms with Crippen molar-refractivity contribution in [3.8, 4) is 0 Å². The van der Waals surface area contributed by atoms with Gasteiger partial charge in [0.2, 0.25) is 0 Å². The van der Waals surface area contributed by atoms with Crippen LogP contribution >= 0.6 is 11.3 Å². The van der Waals surface area contributed by atoms with Crippen molar-refractivity contribution >= 4 is 28.3 Å². The van der Waals surface area contributed by atoms with E-state index < -0.39 is 11.8 Å². The van der Waals surface area contributed by atoms with E-state index in [0.29, 0.717) is 11.7 Å². The maximum atomic E-state index is 12.7. The number of carbonyl (C=O) groups is 2. The number of nitrogens with zero attached hydrogens (tertiary/aromatic N) is 3. The van der Waals surface area contributed by atoms with Gasteiger partial charge >= 0.3 is 11.8 Å². The minimum absolute atomic E-state index is 0.0772. The number of anilines is 1. The number of fused-ring (bicyclic) bond motifs is 1. The van der Waals surface area contributed by atoms with E-state index in [0.717, 1.165) is 35.6 Å². The van der Waals surface area contributed by atoms with Crippen LogP contribution in [0.1, 0.15) is 30.0 Å². The number of benzene rings is 1. The molecular weight excluding hydrogens is 348 g/mol. The molecule has 3 rings (SSSR count). The van der Waals surface area contributed by atoms with Gasteiger partial charge in [-0.1, -0.05) is 30.3 Å². The molecule has 0 atom stereocenters. The van der Waals surface area contributed by atoms with E-state index in [4.69, 9.17) is 0 Å². The van der Waals surface area contributed by atoms with Crippen molar-refractivity contribution in [2.24, 2.45) is 0 Å². The van der Waals surface area contributed by atoms with Crippen LogP contribution in [-0.2, 0) is 29.1 Å². The van der Waals surface area contributed by atoms with Gasteiger partial charge in [0.25, 0.3) is 0 Å². The van der Waals surface area contributed by atoms with Crippen LogP contribution < -0.4 is 5.32 Å². The Morgan fingerprint density at radius 1 is 1.31 bits per heavy atom. The third-order valence-corrected chi connectivity index (χ3v) is 5.41. The van der Waals surface area contributed by atoms with Gasteiger partial charge in [0.1, 0.15) is 0 Å². The van der Waals surface area contributed by atoms with E-state index in [1.807, 2.05) is 44.2 Å². The van der Waals surface area contributed by atoms with Gasteiger partial charge in [-0.15, -0.1) is 11.3 Å². The van der Waals surface area contributed by atoms with E-state index >= 15 is 0 Å². The second kappa shape index (κ2) is 7.97. The Hall–Kier alpha value is -2.25. The number of hydrogen-bond acceptors (Lipinski definition) is 5. The molecule has 26 heavy (non-hydrogen) atoms. The second-order valence-electron chi connectivity index (χ2n) is 6.84. The van der Waals surface area contributed by atoms with Crippen LogP contribution in [0.3, 0.4) is 0 Å². The van der Waals surface area contributed by atoms with E-state index in [9.17, 15) is 9.59 Å². The number of likely N-dealkylation sites (N-methyl/N-ethyl adjacent to an activating group) is 1. The zero-order valence-corrected chi connectivity index (χ0v) is 16.2. The van der Waals surface area contributed by atoms with Crippen molar-refractivity contribution in [3.05, 3.63) is 46.5 Å².